The van der Waals surface area contributed by atoms with Gasteiger partial charge < -0.3 is 14.5 Å². The van der Waals surface area contributed by atoms with Crippen molar-refractivity contribution in [1.29, 1.82) is 0 Å². The van der Waals surface area contributed by atoms with Crippen molar-refractivity contribution >= 4 is 22.8 Å². The van der Waals surface area contributed by atoms with Crippen molar-refractivity contribution in [2.45, 2.75) is 33.2 Å². The first-order valence-electron chi connectivity index (χ1n) is 9.45. The third-order valence-electron chi connectivity index (χ3n) is 4.64. The summed E-state index contributed by atoms with van der Waals surface area (Å²) in [5.41, 5.74) is 2.99. The van der Waals surface area contributed by atoms with Crippen LogP contribution in [-0.2, 0) is 9.53 Å². The van der Waals surface area contributed by atoms with Gasteiger partial charge in [0, 0.05) is 6.07 Å². The molecule has 0 radical (unpaired) electrons. The van der Waals surface area contributed by atoms with E-state index in [1.807, 2.05) is 45.0 Å². The minimum atomic E-state index is -0.858. The number of carbonyl (C=O) groups excluding carboxylic acids is 2. The van der Waals surface area contributed by atoms with Crippen LogP contribution in [0.1, 0.15) is 46.6 Å². The topological polar surface area (TPSA) is 85.6 Å². The molecule has 6 nitrogen and oxygen atoms in total. The van der Waals surface area contributed by atoms with E-state index in [2.05, 4.69) is 5.32 Å². The predicted octanol–water partition coefficient (Wildman–Crippen LogP) is 3.83. The molecule has 3 aromatic rings. The summed E-state index contributed by atoms with van der Waals surface area (Å²) in [5, 5.41) is 3.24. The van der Waals surface area contributed by atoms with E-state index in [0.717, 1.165) is 22.8 Å². The summed E-state index contributed by atoms with van der Waals surface area (Å²) < 4.78 is 10.5. The fourth-order valence-electron chi connectivity index (χ4n) is 3.03. The third kappa shape index (κ3) is 4.90. The quantitative estimate of drug-likeness (QED) is 0.643. The molecule has 1 aromatic heterocycles. The van der Waals surface area contributed by atoms with Crippen LogP contribution < -0.4 is 10.7 Å². The zero-order valence-electron chi connectivity index (χ0n) is 16.7. The Kier molecular flexibility index (Phi) is 6.12. The van der Waals surface area contributed by atoms with Gasteiger partial charge in [0.2, 0.25) is 5.76 Å². The number of fused-ring (bicyclic) bond motifs is 1. The molecule has 0 unspecified atom stereocenters. The molecule has 29 heavy (non-hydrogen) atoms. The lowest BCUT2D eigenvalue weighted by Gasteiger charge is -2.17. The summed E-state index contributed by atoms with van der Waals surface area (Å²) in [6.07, 6.45) is 0.696. The second-order valence-corrected chi connectivity index (χ2v) is 6.99. The SMILES string of the molecule is CC[C@@H](NC(=O)COC(=O)c1cc(=O)c2cc(C)ccc2o1)c1ccc(C)cc1. The van der Waals surface area contributed by atoms with Crippen molar-refractivity contribution < 1.29 is 18.7 Å². The number of hydrogen-bond donors (Lipinski definition) is 1. The maximum Gasteiger partial charge on any atom is 0.374 e. The highest BCUT2D eigenvalue weighted by Crippen LogP contribution is 2.17. The molecule has 1 N–H and O–H groups in total. The molecule has 0 fully saturated rings. The Bertz CT molecular complexity index is 1100. The monoisotopic (exact) mass is 393 g/mol. The lowest BCUT2D eigenvalue weighted by molar-refractivity contribution is -0.125. The Balaban J connectivity index is 1.64. The van der Waals surface area contributed by atoms with Crippen molar-refractivity contribution in [3.05, 3.63) is 81.2 Å². The zero-order valence-corrected chi connectivity index (χ0v) is 16.7. The third-order valence-corrected chi connectivity index (χ3v) is 4.64. The minimum absolute atomic E-state index is 0.177. The molecule has 0 bridgehead atoms. The van der Waals surface area contributed by atoms with Crippen molar-refractivity contribution in [1.82, 2.24) is 5.32 Å². The molecule has 1 atom stereocenters. The largest absolute Gasteiger partial charge is 0.450 e. The molecule has 0 saturated carbocycles. The zero-order chi connectivity index (χ0) is 21.0. The van der Waals surface area contributed by atoms with Crippen LogP contribution >= 0.6 is 0 Å². The molecule has 6 heteroatoms. The van der Waals surface area contributed by atoms with E-state index in [-0.39, 0.29) is 17.2 Å². The van der Waals surface area contributed by atoms with Crippen molar-refractivity contribution in [3.8, 4) is 0 Å². The van der Waals surface area contributed by atoms with Crippen LogP contribution in [0.15, 0.2) is 57.7 Å². The highest BCUT2D eigenvalue weighted by Gasteiger charge is 2.17. The van der Waals surface area contributed by atoms with E-state index < -0.39 is 18.5 Å². The summed E-state index contributed by atoms with van der Waals surface area (Å²) in [4.78, 5) is 36.7. The summed E-state index contributed by atoms with van der Waals surface area (Å²) in [6, 6.07) is 13.9. The Hall–Kier alpha value is -3.41. The van der Waals surface area contributed by atoms with Gasteiger partial charge in [-0.25, -0.2) is 4.79 Å². The molecule has 0 saturated heterocycles. The number of ether oxygens (including phenoxy) is 1. The van der Waals surface area contributed by atoms with Crippen LogP contribution in [0.2, 0.25) is 0 Å². The highest BCUT2D eigenvalue weighted by molar-refractivity contribution is 5.90. The lowest BCUT2D eigenvalue weighted by atomic mass is 10.0. The number of rotatable bonds is 6. The highest BCUT2D eigenvalue weighted by atomic mass is 16.5. The summed E-state index contributed by atoms with van der Waals surface area (Å²) in [5.74, 6) is -1.52. The average Bonchev–Trinajstić information content (AvgIpc) is 2.71. The first-order chi connectivity index (χ1) is 13.9. The molecular formula is C23H23NO5. The Morgan fingerprint density at radius 1 is 1.03 bits per heavy atom. The summed E-state index contributed by atoms with van der Waals surface area (Å²) >= 11 is 0. The standard InChI is InChI=1S/C23H23NO5/c1-4-18(16-8-5-14(2)6-9-16)24-22(26)13-28-23(27)21-12-19(25)17-11-15(3)7-10-20(17)29-21/h5-12,18H,4,13H2,1-3H3,(H,24,26)/t18-/m1/s1. The number of amides is 1. The maximum absolute atomic E-state index is 12.2. The Labute approximate surface area is 168 Å². The molecule has 0 aliphatic rings. The van der Waals surface area contributed by atoms with E-state index in [1.165, 1.54) is 0 Å². The Morgan fingerprint density at radius 2 is 1.72 bits per heavy atom. The molecule has 1 heterocycles. The van der Waals surface area contributed by atoms with E-state index in [4.69, 9.17) is 9.15 Å². The van der Waals surface area contributed by atoms with Gasteiger partial charge in [-0.2, -0.15) is 0 Å². The Morgan fingerprint density at radius 3 is 2.41 bits per heavy atom. The van der Waals surface area contributed by atoms with E-state index in [1.54, 1.807) is 18.2 Å². The van der Waals surface area contributed by atoms with Gasteiger partial charge in [0.05, 0.1) is 11.4 Å². The number of benzene rings is 2. The molecular weight excluding hydrogens is 370 g/mol. The van der Waals surface area contributed by atoms with Crippen LogP contribution in [0.5, 0.6) is 0 Å². The smallest absolute Gasteiger partial charge is 0.374 e. The number of esters is 1. The van der Waals surface area contributed by atoms with Gasteiger partial charge in [0.1, 0.15) is 5.58 Å². The van der Waals surface area contributed by atoms with Gasteiger partial charge in [-0.1, -0.05) is 48.4 Å². The average molecular weight is 393 g/mol. The molecule has 0 spiro atoms. The van der Waals surface area contributed by atoms with Gasteiger partial charge in [-0.05, 0) is 38.0 Å². The molecule has 0 aliphatic carbocycles. The van der Waals surface area contributed by atoms with Gasteiger partial charge >= 0.3 is 5.97 Å². The van der Waals surface area contributed by atoms with E-state index >= 15 is 0 Å². The van der Waals surface area contributed by atoms with Crippen molar-refractivity contribution in [2.75, 3.05) is 6.61 Å². The molecule has 3 rings (SSSR count). The van der Waals surface area contributed by atoms with Crippen LogP contribution in [0, 0.1) is 13.8 Å². The second-order valence-electron chi connectivity index (χ2n) is 6.99. The van der Waals surface area contributed by atoms with Crippen LogP contribution in [0.25, 0.3) is 11.0 Å². The van der Waals surface area contributed by atoms with Gasteiger partial charge in [0.15, 0.2) is 12.0 Å². The summed E-state index contributed by atoms with van der Waals surface area (Å²) in [6.45, 7) is 5.36. The minimum Gasteiger partial charge on any atom is -0.450 e. The number of hydrogen-bond acceptors (Lipinski definition) is 5. The van der Waals surface area contributed by atoms with Gasteiger partial charge in [-0.3, -0.25) is 9.59 Å². The van der Waals surface area contributed by atoms with Crippen LogP contribution in [-0.4, -0.2) is 18.5 Å². The molecule has 150 valence electrons. The fraction of sp³-hybridized carbons (Fsp3) is 0.261. The predicted molar refractivity (Wildman–Crippen MR) is 110 cm³/mol. The number of nitrogens with one attached hydrogen (secondary N) is 1. The van der Waals surface area contributed by atoms with Crippen LogP contribution in [0.3, 0.4) is 0 Å². The van der Waals surface area contributed by atoms with Crippen molar-refractivity contribution in [3.63, 3.8) is 0 Å². The van der Waals surface area contributed by atoms with Gasteiger partial charge in [0.25, 0.3) is 5.91 Å². The first kappa shape index (κ1) is 20.3. The van der Waals surface area contributed by atoms with E-state index in [0.29, 0.717) is 17.4 Å². The molecule has 1 amide bonds. The number of carbonyl (C=O) groups is 2. The first-order valence-corrected chi connectivity index (χ1v) is 9.45. The fourth-order valence-corrected chi connectivity index (χ4v) is 3.03. The molecule has 2 aromatic carbocycles. The summed E-state index contributed by atoms with van der Waals surface area (Å²) in [7, 11) is 0. The van der Waals surface area contributed by atoms with E-state index in [9.17, 15) is 14.4 Å². The normalized spacial score (nSPS) is 11.8. The lowest BCUT2D eigenvalue weighted by Crippen LogP contribution is -2.32. The number of aryl methyl sites for hydroxylation is 2. The van der Waals surface area contributed by atoms with Gasteiger partial charge in [-0.15, -0.1) is 0 Å². The van der Waals surface area contributed by atoms with Crippen molar-refractivity contribution in [2.24, 2.45) is 0 Å². The van der Waals surface area contributed by atoms with Crippen LogP contribution in [0.4, 0.5) is 0 Å². The maximum atomic E-state index is 12.2. The second kappa shape index (κ2) is 8.73. The molecule has 0 aliphatic heterocycles.